The second kappa shape index (κ2) is 7.74. The van der Waals surface area contributed by atoms with E-state index in [-0.39, 0.29) is 28.6 Å². The molecule has 1 aliphatic carbocycles. The van der Waals surface area contributed by atoms with Crippen LogP contribution in [0.3, 0.4) is 0 Å². The summed E-state index contributed by atoms with van der Waals surface area (Å²) in [5, 5.41) is 14.8. The normalized spacial score (nSPS) is 24.5. The molecule has 1 aromatic heterocycles. The van der Waals surface area contributed by atoms with Gasteiger partial charge in [0.1, 0.15) is 12.1 Å². The molecule has 2 aliphatic rings. The Morgan fingerprint density at radius 1 is 1.34 bits per heavy atom. The number of nitriles is 1. The highest BCUT2D eigenvalue weighted by molar-refractivity contribution is 6.35. The number of hydrogen-bond acceptors (Lipinski definition) is 4. The van der Waals surface area contributed by atoms with Crippen molar-refractivity contribution in [3.63, 3.8) is 0 Å². The molecule has 2 heterocycles. The Morgan fingerprint density at radius 3 is 2.72 bits per heavy atom. The minimum atomic E-state index is -0.918. The monoisotopic (exact) mass is 452 g/mol. The molecule has 1 aromatic carbocycles. The molecule has 1 saturated carbocycles. The summed E-state index contributed by atoms with van der Waals surface area (Å²) in [6.07, 6.45) is 3.63. The highest BCUT2D eigenvalue weighted by Crippen LogP contribution is 2.65. The van der Waals surface area contributed by atoms with Crippen molar-refractivity contribution in [1.82, 2.24) is 15.2 Å². The minimum Gasteiger partial charge on any atom is -0.335 e. The number of benzene rings is 1. The van der Waals surface area contributed by atoms with Crippen LogP contribution in [0.2, 0.25) is 5.02 Å². The molecule has 3 unspecified atom stereocenters. The van der Waals surface area contributed by atoms with Gasteiger partial charge in [-0.3, -0.25) is 14.6 Å². The van der Waals surface area contributed by atoms with E-state index in [0.717, 1.165) is 5.39 Å². The first-order chi connectivity index (χ1) is 15.0. The molecule has 168 valence electrons. The number of halogens is 1. The summed E-state index contributed by atoms with van der Waals surface area (Å²) in [7, 11) is 0. The number of pyridine rings is 1. The van der Waals surface area contributed by atoms with Gasteiger partial charge in [0.15, 0.2) is 0 Å². The molecule has 2 aromatic rings. The third kappa shape index (κ3) is 3.84. The largest absolute Gasteiger partial charge is 0.335 e. The van der Waals surface area contributed by atoms with E-state index in [0.29, 0.717) is 34.9 Å². The van der Waals surface area contributed by atoms with Crippen LogP contribution >= 0.6 is 11.6 Å². The molecule has 4 rings (SSSR count). The van der Waals surface area contributed by atoms with E-state index in [1.165, 1.54) is 0 Å². The second-order valence-electron chi connectivity index (χ2n) is 10.8. The van der Waals surface area contributed by atoms with Crippen molar-refractivity contribution < 1.29 is 9.59 Å². The van der Waals surface area contributed by atoms with Crippen molar-refractivity contribution in [2.24, 2.45) is 22.7 Å². The number of aromatic nitrogens is 1. The van der Waals surface area contributed by atoms with Crippen molar-refractivity contribution in [2.75, 3.05) is 6.54 Å². The highest BCUT2D eigenvalue weighted by Gasteiger charge is 2.69. The summed E-state index contributed by atoms with van der Waals surface area (Å²) in [6.45, 7) is 10.9. The summed E-state index contributed by atoms with van der Waals surface area (Å²) >= 11 is 6.42. The van der Waals surface area contributed by atoms with E-state index >= 15 is 0 Å². The maximum atomic E-state index is 13.5. The lowest BCUT2D eigenvalue weighted by Gasteiger charge is -2.32. The molecular weight excluding hydrogens is 424 g/mol. The number of carbonyl (C=O) groups excluding carboxylic acids is 2. The van der Waals surface area contributed by atoms with E-state index in [9.17, 15) is 14.9 Å². The quantitative estimate of drug-likeness (QED) is 0.740. The Hall–Kier alpha value is -2.65. The number of nitrogens with one attached hydrogen (secondary N) is 1. The maximum absolute atomic E-state index is 13.5. The van der Waals surface area contributed by atoms with Crippen molar-refractivity contribution in [2.45, 2.75) is 53.1 Å². The minimum absolute atomic E-state index is 0.00691. The van der Waals surface area contributed by atoms with Crippen molar-refractivity contribution >= 4 is 34.2 Å². The SMILES string of the molecule is CC(C)(C)CC(=O)N1CC2C([C@H]1C(=O)NC(C#N)c1cncc3cccc(Cl)c13)C2(C)C. The standard InChI is InChI=1S/C25H29ClN4O2/c1-24(2,3)9-19(31)30-13-16-21(25(16,4)5)22(30)23(32)29-18(10-27)15-12-28-11-14-7-6-8-17(26)20(14)15/h6-8,11-12,16,18,21-22H,9,13H2,1-5H3,(H,29,32)/t16?,18?,21?,22-/m0/s1. The van der Waals surface area contributed by atoms with Gasteiger partial charge in [-0.1, -0.05) is 58.4 Å². The van der Waals surface area contributed by atoms with Crippen LogP contribution < -0.4 is 5.32 Å². The lowest BCUT2D eigenvalue weighted by Crippen LogP contribution is -2.51. The van der Waals surface area contributed by atoms with Crippen molar-refractivity contribution in [1.29, 1.82) is 5.26 Å². The number of carbonyl (C=O) groups is 2. The predicted octanol–water partition coefficient (Wildman–Crippen LogP) is 4.49. The van der Waals surface area contributed by atoms with E-state index in [2.05, 4.69) is 30.2 Å². The molecule has 6 nitrogen and oxygen atoms in total. The first-order valence-corrected chi connectivity index (χ1v) is 11.3. The Morgan fingerprint density at radius 2 is 2.06 bits per heavy atom. The molecule has 32 heavy (non-hydrogen) atoms. The van der Waals surface area contributed by atoms with Gasteiger partial charge in [-0.25, -0.2) is 0 Å². The number of piperidine rings is 1. The van der Waals surface area contributed by atoms with Gasteiger partial charge < -0.3 is 10.2 Å². The van der Waals surface area contributed by atoms with Gasteiger partial charge in [0.25, 0.3) is 0 Å². The Balaban J connectivity index is 1.63. The van der Waals surface area contributed by atoms with Gasteiger partial charge in [-0.05, 0) is 28.7 Å². The second-order valence-corrected chi connectivity index (χ2v) is 11.2. The summed E-state index contributed by atoms with van der Waals surface area (Å²) < 4.78 is 0. The third-order valence-electron chi connectivity index (χ3n) is 6.97. The van der Waals surface area contributed by atoms with Crippen LogP contribution in [0.15, 0.2) is 30.6 Å². The first-order valence-electron chi connectivity index (χ1n) is 11.0. The fourth-order valence-electron chi connectivity index (χ4n) is 5.24. The lowest BCUT2D eigenvalue weighted by molar-refractivity contribution is -0.141. The van der Waals surface area contributed by atoms with Gasteiger partial charge in [-0.15, -0.1) is 0 Å². The average Bonchev–Trinajstić information content (AvgIpc) is 3.05. The van der Waals surface area contributed by atoms with Gasteiger partial charge in [0.2, 0.25) is 11.8 Å². The lowest BCUT2D eigenvalue weighted by atomic mass is 9.90. The summed E-state index contributed by atoms with van der Waals surface area (Å²) in [5.74, 6) is 0.0985. The van der Waals surface area contributed by atoms with E-state index in [4.69, 9.17) is 11.6 Å². The molecule has 2 fully saturated rings. The predicted molar refractivity (Wildman–Crippen MR) is 124 cm³/mol. The summed E-state index contributed by atoms with van der Waals surface area (Å²) in [5.41, 5.74) is 0.398. The maximum Gasteiger partial charge on any atom is 0.244 e. The Kier molecular flexibility index (Phi) is 5.45. The molecule has 0 spiro atoms. The van der Waals surface area contributed by atoms with E-state index < -0.39 is 12.1 Å². The smallest absolute Gasteiger partial charge is 0.244 e. The van der Waals surface area contributed by atoms with Crippen LogP contribution in [0.4, 0.5) is 0 Å². The third-order valence-corrected chi connectivity index (χ3v) is 7.28. The molecule has 1 saturated heterocycles. The van der Waals surface area contributed by atoms with Crippen LogP contribution in [0.25, 0.3) is 10.8 Å². The number of nitrogens with zero attached hydrogens (tertiary/aromatic N) is 3. The zero-order valence-electron chi connectivity index (χ0n) is 19.1. The van der Waals surface area contributed by atoms with Gasteiger partial charge >= 0.3 is 0 Å². The average molecular weight is 453 g/mol. The van der Waals surface area contributed by atoms with Crippen LogP contribution in [-0.2, 0) is 9.59 Å². The zero-order chi connectivity index (χ0) is 23.4. The van der Waals surface area contributed by atoms with Crippen LogP contribution in [0.1, 0.15) is 52.6 Å². The van der Waals surface area contributed by atoms with Crippen LogP contribution in [0.5, 0.6) is 0 Å². The van der Waals surface area contributed by atoms with E-state index in [1.54, 1.807) is 23.4 Å². The first kappa shape index (κ1) is 22.5. The van der Waals surface area contributed by atoms with Crippen LogP contribution in [0, 0.1) is 34.0 Å². The summed E-state index contributed by atoms with van der Waals surface area (Å²) in [4.78, 5) is 32.5. The molecule has 0 bridgehead atoms. The fraction of sp³-hybridized carbons (Fsp3) is 0.520. The van der Waals surface area contributed by atoms with Gasteiger partial charge in [-0.2, -0.15) is 5.26 Å². The topological polar surface area (TPSA) is 86.1 Å². The van der Waals surface area contributed by atoms with Crippen molar-refractivity contribution in [3.8, 4) is 6.07 Å². The number of likely N-dealkylation sites (tertiary alicyclic amines) is 1. The molecule has 1 N–H and O–H groups in total. The number of fused-ring (bicyclic) bond motifs is 2. The molecule has 2 amide bonds. The summed E-state index contributed by atoms with van der Waals surface area (Å²) in [6, 6.07) is 6.15. The molecule has 7 heteroatoms. The van der Waals surface area contributed by atoms with Crippen LogP contribution in [-0.4, -0.2) is 34.3 Å². The highest BCUT2D eigenvalue weighted by atomic mass is 35.5. The van der Waals surface area contributed by atoms with Crippen molar-refractivity contribution in [3.05, 3.63) is 41.2 Å². The Bertz CT molecular complexity index is 1130. The zero-order valence-corrected chi connectivity index (χ0v) is 19.9. The number of hydrogen-bond donors (Lipinski definition) is 1. The Labute approximate surface area is 193 Å². The number of amides is 2. The van der Waals surface area contributed by atoms with Gasteiger partial charge in [0, 0.05) is 46.7 Å². The molecular formula is C25H29ClN4O2. The molecule has 4 atom stereocenters. The molecule has 1 aliphatic heterocycles. The molecule has 0 radical (unpaired) electrons. The van der Waals surface area contributed by atoms with Gasteiger partial charge in [0.05, 0.1) is 6.07 Å². The number of rotatable bonds is 4. The fourth-order valence-corrected chi connectivity index (χ4v) is 5.53. The van der Waals surface area contributed by atoms with E-state index in [1.807, 2.05) is 32.9 Å².